The van der Waals surface area contributed by atoms with Crippen molar-refractivity contribution in [2.45, 2.75) is 18.4 Å². The predicted octanol–water partition coefficient (Wildman–Crippen LogP) is -1.21. The van der Waals surface area contributed by atoms with Crippen LogP contribution in [0.25, 0.3) is 0 Å². The summed E-state index contributed by atoms with van der Waals surface area (Å²) in [5.74, 6) is -0.183. The van der Waals surface area contributed by atoms with Gasteiger partial charge in [0, 0.05) is 26.7 Å². The fourth-order valence-corrected chi connectivity index (χ4v) is 2.22. The van der Waals surface area contributed by atoms with E-state index < -0.39 is 5.54 Å². The highest BCUT2D eigenvalue weighted by Gasteiger charge is 2.41. The Bertz CT molecular complexity index is 326. The molecular formula is C11H19N3O3. The van der Waals surface area contributed by atoms with E-state index in [4.69, 9.17) is 10.5 Å². The van der Waals surface area contributed by atoms with Gasteiger partial charge in [-0.25, -0.2) is 0 Å². The van der Waals surface area contributed by atoms with Crippen LogP contribution in [0.5, 0.6) is 0 Å². The third kappa shape index (κ3) is 2.42. The number of carbonyl (C=O) groups excluding carboxylic acids is 2. The number of rotatable bonds is 1. The highest BCUT2D eigenvalue weighted by Crippen LogP contribution is 2.19. The standard InChI is InChI=1S/C11H19N3O3/c1-13-4-2-5-14(7-9(13)15)10(16)11(12)3-6-17-8-11/h2-8,12H2,1H3. The maximum absolute atomic E-state index is 12.3. The normalized spacial score (nSPS) is 30.6. The Labute approximate surface area is 101 Å². The summed E-state index contributed by atoms with van der Waals surface area (Å²) in [6.07, 6.45) is 1.33. The lowest BCUT2D eigenvalue weighted by Crippen LogP contribution is -2.57. The van der Waals surface area contributed by atoms with Crippen molar-refractivity contribution in [2.24, 2.45) is 5.73 Å². The highest BCUT2D eigenvalue weighted by molar-refractivity contribution is 5.90. The van der Waals surface area contributed by atoms with Gasteiger partial charge in [-0.15, -0.1) is 0 Å². The molecule has 6 nitrogen and oxygen atoms in total. The Morgan fingerprint density at radius 1 is 1.47 bits per heavy atom. The fourth-order valence-electron chi connectivity index (χ4n) is 2.22. The number of amides is 2. The van der Waals surface area contributed by atoms with Gasteiger partial charge in [0.1, 0.15) is 5.54 Å². The SMILES string of the molecule is CN1CCCN(C(=O)C2(N)CCOC2)CC1=O. The molecule has 0 bridgehead atoms. The van der Waals surface area contributed by atoms with Crippen molar-refractivity contribution < 1.29 is 14.3 Å². The molecule has 2 saturated heterocycles. The molecule has 96 valence electrons. The first-order chi connectivity index (χ1) is 8.03. The van der Waals surface area contributed by atoms with E-state index in [1.165, 1.54) is 0 Å². The first-order valence-corrected chi connectivity index (χ1v) is 5.93. The van der Waals surface area contributed by atoms with Gasteiger partial charge >= 0.3 is 0 Å². The van der Waals surface area contributed by atoms with Crippen LogP contribution in [0.15, 0.2) is 0 Å². The molecule has 1 unspecified atom stereocenters. The zero-order valence-corrected chi connectivity index (χ0v) is 10.1. The van der Waals surface area contributed by atoms with Crippen molar-refractivity contribution in [1.82, 2.24) is 9.80 Å². The third-order valence-corrected chi connectivity index (χ3v) is 3.44. The van der Waals surface area contributed by atoms with Gasteiger partial charge in [0.05, 0.1) is 13.2 Å². The number of ether oxygens (including phenoxy) is 1. The summed E-state index contributed by atoms with van der Waals surface area (Å²) in [6.45, 7) is 2.19. The van der Waals surface area contributed by atoms with Crippen molar-refractivity contribution in [3.8, 4) is 0 Å². The minimum atomic E-state index is -0.927. The third-order valence-electron chi connectivity index (χ3n) is 3.44. The van der Waals surface area contributed by atoms with E-state index >= 15 is 0 Å². The van der Waals surface area contributed by atoms with E-state index in [2.05, 4.69) is 0 Å². The Hall–Kier alpha value is -1.14. The first-order valence-electron chi connectivity index (χ1n) is 5.93. The summed E-state index contributed by atoms with van der Waals surface area (Å²) in [7, 11) is 1.76. The molecule has 0 aromatic rings. The molecule has 2 N–H and O–H groups in total. The average Bonchev–Trinajstić information content (AvgIpc) is 2.67. The second-order valence-corrected chi connectivity index (χ2v) is 4.85. The molecule has 6 heteroatoms. The van der Waals surface area contributed by atoms with Gasteiger partial charge < -0.3 is 20.3 Å². The number of hydrogen-bond acceptors (Lipinski definition) is 4. The molecule has 1 atom stereocenters. The van der Waals surface area contributed by atoms with Gasteiger partial charge in [-0.3, -0.25) is 9.59 Å². The molecule has 0 saturated carbocycles. The molecule has 0 aromatic heterocycles. The van der Waals surface area contributed by atoms with Crippen LogP contribution < -0.4 is 5.73 Å². The van der Waals surface area contributed by atoms with Crippen molar-refractivity contribution in [3.05, 3.63) is 0 Å². The quantitative estimate of drug-likeness (QED) is 0.625. The Balaban J connectivity index is 2.06. The molecule has 2 amide bonds. The largest absolute Gasteiger partial charge is 0.379 e. The number of hydrogen-bond donors (Lipinski definition) is 1. The molecule has 2 fully saturated rings. The molecule has 2 rings (SSSR count). The summed E-state index contributed by atoms with van der Waals surface area (Å²) < 4.78 is 5.18. The van der Waals surface area contributed by atoms with Crippen molar-refractivity contribution in [3.63, 3.8) is 0 Å². The van der Waals surface area contributed by atoms with Crippen LogP contribution in [0, 0.1) is 0 Å². The van der Waals surface area contributed by atoms with Crippen molar-refractivity contribution in [2.75, 3.05) is 39.9 Å². The van der Waals surface area contributed by atoms with E-state index in [0.29, 0.717) is 26.1 Å². The van der Waals surface area contributed by atoms with Gasteiger partial charge in [0.15, 0.2) is 0 Å². The molecule has 0 aliphatic carbocycles. The van der Waals surface area contributed by atoms with E-state index in [1.807, 2.05) is 0 Å². The van der Waals surface area contributed by atoms with Gasteiger partial charge in [-0.2, -0.15) is 0 Å². The molecule has 2 heterocycles. The van der Waals surface area contributed by atoms with Gasteiger partial charge in [-0.05, 0) is 12.8 Å². The number of nitrogens with zero attached hydrogens (tertiary/aromatic N) is 2. The van der Waals surface area contributed by atoms with Crippen molar-refractivity contribution >= 4 is 11.8 Å². The summed E-state index contributed by atoms with van der Waals surface area (Å²) in [5.41, 5.74) is 5.10. The van der Waals surface area contributed by atoms with Crippen LogP contribution in [0.2, 0.25) is 0 Å². The Morgan fingerprint density at radius 2 is 2.24 bits per heavy atom. The Kier molecular flexibility index (Phi) is 3.35. The van der Waals surface area contributed by atoms with Crippen LogP contribution >= 0.6 is 0 Å². The van der Waals surface area contributed by atoms with Crippen LogP contribution in [0.4, 0.5) is 0 Å². The topological polar surface area (TPSA) is 75.9 Å². The lowest BCUT2D eigenvalue weighted by atomic mass is 9.98. The highest BCUT2D eigenvalue weighted by atomic mass is 16.5. The Morgan fingerprint density at radius 3 is 2.88 bits per heavy atom. The fraction of sp³-hybridized carbons (Fsp3) is 0.818. The summed E-state index contributed by atoms with van der Waals surface area (Å²) in [5, 5.41) is 0. The minimum absolute atomic E-state index is 0.0293. The molecule has 2 aliphatic rings. The molecular weight excluding hydrogens is 222 g/mol. The van der Waals surface area contributed by atoms with E-state index in [0.717, 1.165) is 6.42 Å². The zero-order chi connectivity index (χ0) is 12.5. The average molecular weight is 241 g/mol. The van der Waals surface area contributed by atoms with E-state index in [1.54, 1.807) is 16.8 Å². The van der Waals surface area contributed by atoms with Crippen LogP contribution in [0.1, 0.15) is 12.8 Å². The number of nitrogens with two attached hydrogens (primary N) is 1. The number of likely N-dealkylation sites (N-methyl/N-ethyl adjacent to an activating group) is 1. The summed E-state index contributed by atoms with van der Waals surface area (Å²) >= 11 is 0. The second kappa shape index (κ2) is 4.62. The second-order valence-electron chi connectivity index (χ2n) is 4.85. The van der Waals surface area contributed by atoms with Crippen LogP contribution in [-0.2, 0) is 14.3 Å². The number of carbonyl (C=O) groups is 2. The molecule has 0 aromatic carbocycles. The molecule has 0 spiro atoms. The van der Waals surface area contributed by atoms with E-state index in [-0.39, 0.29) is 25.0 Å². The van der Waals surface area contributed by atoms with Crippen LogP contribution in [-0.4, -0.2) is 67.0 Å². The first kappa shape index (κ1) is 12.3. The van der Waals surface area contributed by atoms with Gasteiger partial charge in [-0.1, -0.05) is 0 Å². The minimum Gasteiger partial charge on any atom is -0.379 e. The molecule has 2 aliphatic heterocycles. The van der Waals surface area contributed by atoms with Gasteiger partial charge in [0.25, 0.3) is 0 Å². The predicted molar refractivity (Wildman–Crippen MR) is 61.2 cm³/mol. The van der Waals surface area contributed by atoms with Crippen LogP contribution in [0.3, 0.4) is 0 Å². The lowest BCUT2D eigenvalue weighted by molar-refractivity contribution is -0.141. The maximum atomic E-state index is 12.3. The molecule has 0 radical (unpaired) electrons. The summed E-state index contributed by atoms with van der Waals surface area (Å²) in [4.78, 5) is 27.2. The maximum Gasteiger partial charge on any atom is 0.245 e. The van der Waals surface area contributed by atoms with Gasteiger partial charge in [0.2, 0.25) is 11.8 Å². The lowest BCUT2D eigenvalue weighted by Gasteiger charge is -2.29. The summed E-state index contributed by atoms with van der Waals surface area (Å²) in [6, 6.07) is 0. The monoisotopic (exact) mass is 241 g/mol. The van der Waals surface area contributed by atoms with E-state index in [9.17, 15) is 9.59 Å². The zero-order valence-electron chi connectivity index (χ0n) is 10.1. The van der Waals surface area contributed by atoms with Crippen molar-refractivity contribution in [1.29, 1.82) is 0 Å². The molecule has 17 heavy (non-hydrogen) atoms. The smallest absolute Gasteiger partial charge is 0.245 e.